The van der Waals surface area contributed by atoms with Gasteiger partial charge in [-0.25, -0.2) is 0 Å². The predicted octanol–water partition coefficient (Wildman–Crippen LogP) is 0.908. The summed E-state index contributed by atoms with van der Waals surface area (Å²) in [7, 11) is 0. The molecule has 0 aromatic heterocycles. The van der Waals surface area contributed by atoms with Gasteiger partial charge in [0.1, 0.15) is 5.88 Å². The highest BCUT2D eigenvalue weighted by atomic mass is 35.5. The Hall–Kier alpha value is -0.370. The van der Waals surface area contributed by atoms with Crippen molar-refractivity contribution < 1.29 is 4.79 Å². The lowest BCUT2D eigenvalue weighted by Gasteiger charge is -2.12. The van der Waals surface area contributed by atoms with Gasteiger partial charge in [0, 0.05) is 6.54 Å². The highest BCUT2D eigenvalue weighted by Crippen LogP contribution is 1.89. The predicted molar refractivity (Wildman–Crippen MR) is 38.3 cm³/mol. The molecule has 0 bridgehead atoms. The summed E-state index contributed by atoms with van der Waals surface area (Å²) in [5.41, 5.74) is 0. The highest BCUT2D eigenvalue weighted by molar-refractivity contribution is 6.27. The average molecular weight is 149 g/mol. The third kappa shape index (κ3) is 2.61. The SMILES string of the molecule is [CH2+]CN(CC)C(=O)CCl. The summed E-state index contributed by atoms with van der Waals surface area (Å²) in [6, 6.07) is 0. The fourth-order valence-electron chi connectivity index (χ4n) is 0.544. The van der Waals surface area contributed by atoms with Crippen molar-refractivity contribution in [2.24, 2.45) is 0 Å². The molecule has 0 N–H and O–H groups in total. The minimum absolute atomic E-state index is 0.0471. The van der Waals surface area contributed by atoms with Crippen LogP contribution in [0.2, 0.25) is 0 Å². The lowest BCUT2D eigenvalue weighted by molar-refractivity contribution is -0.127. The Morgan fingerprint density at radius 3 is 2.44 bits per heavy atom. The number of rotatable bonds is 3. The minimum atomic E-state index is -0.0471. The zero-order valence-corrected chi connectivity index (χ0v) is 6.32. The molecule has 0 aliphatic heterocycles. The maximum Gasteiger partial charge on any atom is 0.240 e. The van der Waals surface area contributed by atoms with E-state index in [4.69, 9.17) is 11.6 Å². The first-order valence-electron chi connectivity index (χ1n) is 2.89. The quantitative estimate of drug-likeness (QED) is 0.430. The summed E-state index contributed by atoms with van der Waals surface area (Å²) in [5.74, 6) is 0.0118. The van der Waals surface area contributed by atoms with Crippen LogP contribution in [0.1, 0.15) is 6.92 Å². The second-order valence-electron chi connectivity index (χ2n) is 1.61. The van der Waals surface area contributed by atoms with Crippen LogP contribution in [0.15, 0.2) is 0 Å². The van der Waals surface area contributed by atoms with E-state index < -0.39 is 0 Å². The summed E-state index contributed by atoms with van der Waals surface area (Å²) in [5, 5.41) is 0. The van der Waals surface area contributed by atoms with Crippen molar-refractivity contribution >= 4 is 17.5 Å². The monoisotopic (exact) mass is 148 g/mol. The van der Waals surface area contributed by atoms with Crippen LogP contribution in [-0.4, -0.2) is 29.8 Å². The number of alkyl halides is 1. The van der Waals surface area contributed by atoms with E-state index in [-0.39, 0.29) is 11.8 Å². The summed E-state index contributed by atoms with van der Waals surface area (Å²) in [6.45, 7) is 6.66. The Labute approximate surface area is 60.8 Å². The number of nitrogens with zero attached hydrogens (tertiary/aromatic N) is 1. The van der Waals surface area contributed by atoms with Crippen LogP contribution in [0, 0.1) is 6.92 Å². The average Bonchev–Trinajstić information content (AvgIpc) is 1.90. The molecule has 0 aliphatic rings. The van der Waals surface area contributed by atoms with Gasteiger partial charge in [-0.1, -0.05) is 0 Å². The molecule has 9 heavy (non-hydrogen) atoms. The van der Waals surface area contributed by atoms with E-state index >= 15 is 0 Å². The lowest BCUT2D eigenvalue weighted by Crippen LogP contribution is -2.31. The van der Waals surface area contributed by atoms with Crippen LogP contribution in [0.3, 0.4) is 0 Å². The van der Waals surface area contributed by atoms with E-state index in [9.17, 15) is 4.79 Å². The van der Waals surface area contributed by atoms with Crippen LogP contribution < -0.4 is 0 Å². The first-order valence-corrected chi connectivity index (χ1v) is 3.42. The lowest BCUT2D eigenvalue weighted by atomic mass is 10.5. The van der Waals surface area contributed by atoms with Gasteiger partial charge in [0.05, 0.1) is 6.92 Å². The van der Waals surface area contributed by atoms with Crippen LogP contribution in [-0.2, 0) is 4.79 Å². The molecule has 0 radical (unpaired) electrons. The molecule has 0 heterocycles. The molecule has 0 spiro atoms. The number of carbonyl (C=O) groups is 1. The number of halogens is 1. The van der Waals surface area contributed by atoms with Gasteiger partial charge >= 0.3 is 0 Å². The molecule has 0 fully saturated rings. The fourth-order valence-corrected chi connectivity index (χ4v) is 0.713. The molecule has 0 unspecified atom stereocenters. The Kier molecular flexibility index (Phi) is 4.32. The normalized spacial score (nSPS) is 9.11. The second-order valence-corrected chi connectivity index (χ2v) is 1.87. The number of hydrogen-bond acceptors (Lipinski definition) is 1. The Balaban J connectivity index is 3.64. The maximum atomic E-state index is 10.7. The Morgan fingerprint density at radius 1 is 1.78 bits per heavy atom. The Morgan fingerprint density at radius 2 is 2.33 bits per heavy atom. The molecular formula is C6H11ClNO+. The third-order valence-corrected chi connectivity index (χ3v) is 1.35. The molecule has 52 valence electrons. The first-order chi connectivity index (χ1) is 4.26. The van der Waals surface area contributed by atoms with E-state index in [1.165, 1.54) is 0 Å². The molecule has 2 nitrogen and oxygen atoms in total. The van der Waals surface area contributed by atoms with Gasteiger partial charge in [-0.15, -0.1) is 11.6 Å². The number of amides is 1. The second kappa shape index (κ2) is 4.50. The van der Waals surface area contributed by atoms with Gasteiger partial charge < -0.3 is 4.90 Å². The van der Waals surface area contributed by atoms with Crippen molar-refractivity contribution in [1.29, 1.82) is 0 Å². The topological polar surface area (TPSA) is 20.3 Å². The largest absolute Gasteiger partial charge is 0.303 e. The Bertz CT molecular complexity index is 91.1. The van der Waals surface area contributed by atoms with Crippen molar-refractivity contribution in [2.45, 2.75) is 6.92 Å². The maximum absolute atomic E-state index is 10.7. The van der Waals surface area contributed by atoms with Crippen molar-refractivity contribution in [3.05, 3.63) is 6.92 Å². The van der Waals surface area contributed by atoms with Crippen LogP contribution in [0.4, 0.5) is 0 Å². The summed E-state index contributed by atoms with van der Waals surface area (Å²) in [4.78, 5) is 12.3. The van der Waals surface area contributed by atoms with Gasteiger partial charge in [-0.3, -0.25) is 4.79 Å². The van der Waals surface area contributed by atoms with E-state index in [0.29, 0.717) is 13.1 Å². The van der Waals surface area contributed by atoms with Gasteiger partial charge in [-0.05, 0) is 6.92 Å². The van der Waals surface area contributed by atoms with E-state index in [1.807, 2.05) is 6.92 Å². The molecule has 0 saturated heterocycles. The zero-order chi connectivity index (χ0) is 7.28. The highest BCUT2D eigenvalue weighted by Gasteiger charge is 2.08. The van der Waals surface area contributed by atoms with Gasteiger partial charge in [-0.2, -0.15) is 0 Å². The van der Waals surface area contributed by atoms with Crippen molar-refractivity contribution in [1.82, 2.24) is 4.90 Å². The molecule has 0 atom stereocenters. The number of hydrogen-bond donors (Lipinski definition) is 0. The summed E-state index contributed by atoms with van der Waals surface area (Å²) >= 11 is 5.29. The van der Waals surface area contributed by atoms with Crippen LogP contribution in [0.5, 0.6) is 0 Å². The summed E-state index contributed by atoms with van der Waals surface area (Å²) in [6.07, 6.45) is 0. The zero-order valence-electron chi connectivity index (χ0n) is 5.56. The van der Waals surface area contributed by atoms with Gasteiger partial charge in [0.25, 0.3) is 0 Å². The smallest absolute Gasteiger partial charge is 0.240 e. The van der Waals surface area contributed by atoms with Crippen LogP contribution >= 0.6 is 11.6 Å². The van der Waals surface area contributed by atoms with Crippen molar-refractivity contribution in [2.75, 3.05) is 19.0 Å². The molecule has 0 aromatic carbocycles. The standard InChI is InChI=1S/C6H11ClNO/c1-3-8(4-2)6(9)5-7/h1,3-5H2,2H3/q+1. The fraction of sp³-hybridized carbons (Fsp3) is 0.667. The van der Waals surface area contributed by atoms with E-state index in [2.05, 4.69) is 6.92 Å². The number of carbonyl (C=O) groups excluding carboxylic acids is 1. The molecule has 0 rings (SSSR count). The van der Waals surface area contributed by atoms with E-state index in [1.54, 1.807) is 4.90 Å². The molecule has 1 amide bonds. The van der Waals surface area contributed by atoms with Crippen LogP contribution in [0.25, 0.3) is 0 Å². The molecular weight excluding hydrogens is 138 g/mol. The third-order valence-electron chi connectivity index (χ3n) is 1.12. The minimum Gasteiger partial charge on any atom is -0.303 e. The van der Waals surface area contributed by atoms with Crippen molar-refractivity contribution in [3.8, 4) is 0 Å². The molecule has 0 aromatic rings. The van der Waals surface area contributed by atoms with Crippen molar-refractivity contribution in [3.63, 3.8) is 0 Å². The molecule has 3 heteroatoms. The first kappa shape index (κ1) is 8.63. The van der Waals surface area contributed by atoms with Gasteiger partial charge in [0.15, 0.2) is 6.54 Å². The van der Waals surface area contributed by atoms with Gasteiger partial charge in [0.2, 0.25) is 5.91 Å². The summed E-state index contributed by atoms with van der Waals surface area (Å²) < 4.78 is 0. The molecule has 0 aliphatic carbocycles. The molecule has 0 saturated carbocycles. The van der Waals surface area contributed by atoms with E-state index in [0.717, 1.165) is 0 Å².